The van der Waals surface area contributed by atoms with Gasteiger partial charge in [0.15, 0.2) is 0 Å². The lowest BCUT2D eigenvalue weighted by atomic mass is 9.84. The summed E-state index contributed by atoms with van der Waals surface area (Å²) in [6.45, 7) is 2.52. The number of nitrogens with one attached hydrogen (secondary N) is 1. The van der Waals surface area contributed by atoms with Gasteiger partial charge in [-0.2, -0.15) is 5.26 Å². The summed E-state index contributed by atoms with van der Waals surface area (Å²) in [6.07, 6.45) is 1.25. The number of nitrogens with zero attached hydrogens (tertiary/aromatic N) is 3. The van der Waals surface area contributed by atoms with E-state index in [1.807, 2.05) is 72.8 Å². The fraction of sp³-hybridized carbons (Fsp3) is 0.212. The second-order valence-corrected chi connectivity index (χ2v) is 11.1. The Morgan fingerprint density at radius 2 is 1.59 bits per heavy atom. The van der Waals surface area contributed by atoms with E-state index < -0.39 is 5.60 Å². The minimum Gasteiger partial charge on any atom is -0.385 e. The zero-order valence-corrected chi connectivity index (χ0v) is 23.9. The summed E-state index contributed by atoms with van der Waals surface area (Å²) >= 11 is 12.3. The highest BCUT2D eigenvalue weighted by atomic mass is 35.5. The Labute approximate surface area is 250 Å². The van der Waals surface area contributed by atoms with Crippen molar-refractivity contribution in [2.24, 2.45) is 0 Å². The predicted molar refractivity (Wildman–Crippen MR) is 165 cm³/mol. The quantitative estimate of drug-likeness (QED) is 0.235. The molecule has 5 rings (SSSR count). The van der Waals surface area contributed by atoms with Gasteiger partial charge in [0, 0.05) is 47.6 Å². The van der Waals surface area contributed by atoms with E-state index in [1.165, 1.54) is 0 Å². The molecule has 0 aromatic heterocycles. The summed E-state index contributed by atoms with van der Waals surface area (Å²) in [6, 6.07) is 31.7. The van der Waals surface area contributed by atoms with Gasteiger partial charge in [-0.05, 0) is 72.0 Å². The third-order valence-electron chi connectivity index (χ3n) is 7.50. The Bertz CT molecular complexity index is 1530. The number of anilines is 2. The number of halogens is 2. The van der Waals surface area contributed by atoms with Gasteiger partial charge >= 0.3 is 6.03 Å². The number of hydrogen-bond acceptors (Lipinski definition) is 4. The maximum Gasteiger partial charge on any atom is 0.326 e. The Hall–Kier alpha value is -3.86. The molecule has 1 saturated heterocycles. The smallest absolute Gasteiger partial charge is 0.326 e. The van der Waals surface area contributed by atoms with Gasteiger partial charge in [-0.15, -0.1) is 0 Å². The van der Waals surface area contributed by atoms with E-state index in [4.69, 9.17) is 23.2 Å². The molecule has 0 bridgehead atoms. The summed E-state index contributed by atoms with van der Waals surface area (Å²) < 4.78 is 0. The number of carbonyl (C=O) groups is 1. The van der Waals surface area contributed by atoms with Gasteiger partial charge in [0.05, 0.1) is 17.2 Å². The van der Waals surface area contributed by atoms with Crippen LogP contribution < -0.4 is 10.2 Å². The molecule has 208 valence electrons. The molecule has 1 aliphatic heterocycles. The summed E-state index contributed by atoms with van der Waals surface area (Å²) in [5.74, 6) is 0. The van der Waals surface area contributed by atoms with Crippen LogP contribution in [0.5, 0.6) is 0 Å². The molecule has 41 heavy (non-hydrogen) atoms. The van der Waals surface area contributed by atoms with Crippen molar-refractivity contribution in [1.82, 2.24) is 4.90 Å². The minimum absolute atomic E-state index is 0.305. The van der Waals surface area contributed by atoms with Crippen LogP contribution in [-0.2, 0) is 5.60 Å². The lowest BCUT2D eigenvalue weighted by Crippen LogP contribution is -2.46. The number of urea groups is 1. The molecule has 2 amide bonds. The van der Waals surface area contributed by atoms with Crippen molar-refractivity contribution in [3.05, 3.63) is 118 Å². The van der Waals surface area contributed by atoms with E-state index in [0.29, 0.717) is 47.2 Å². The number of hydrogen-bond donors (Lipinski definition) is 2. The van der Waals surface area contributed by atoms with Crippen molar-refractivity contribution in [2.75, 3.05) is 36.4 Å². The number of carbonyl (C=O) groups excluding carboxylic acids is 1. The summed E-state index contributed by atoms with van der Waals surface area (Å²) in [5.41, 5.74) is 3.82. The summed E-state index contributed by atoms with van der Waals surface area (Å²) in [7, 11) is 0. The molecule has 0 radical (unpaired) electrons. The first-order valence-corrected chi connectivity index (χ1v) is 14.2. The van der Waals surface area contributed by atoms with Crippen molar-refractivity contribution in [2.45, 2.75) is 18.4 Å². The highest BCUT2D eigenvalue weighted by Gasteiger charge is 2.34. The molecule has 1 heterocycles. The highest BCUT2D eigenvalue weighted by Crippen LogP contribution is 2.33. The second-order valence-electron chi connectivity index (χ2n) is 10.2. The number of rotatable bonds is 7. The molecule has 4 aromatic carbocycles. The van der Waals surface area contributed by atoms with Crippen LogP contribution in [0.2, 0.25) is 10.0 Å². The largest absolute Gasteiger partial charge is 0.385 e. The molecule has 0 saturated carbocycles. The number of amides is 2. The van der Waals surface area contributed by atoms with Crippen LogP contribution in [0.1, 0.15) is 24.0 Å². The number of aliphatic hydroxyl groups is 1. The van der Waals surface area contributed by atoms with Gasteiger partial charge < -0.3 is 15.3 Å². The zero-order chi connectivity index (χ0) is 28.8. The average molecular weight is 586 g/mol. The van der Waals surface area contributed by atoms with Gasteiger partial charge in [-0.3, -0.25) is 4.90 Å². The van der Waals surface area contributed by atoms with E-state index in [9.17, 15) is 15.2 Å². The molecule has 0 atom stereocenters. The molecule has 8 heteroatoms. The SMILES string of the molecule is N#Cc1cccc(-c2ccc(N(CCN3CCC(O)(c4ccccc4)CC3)C(=O)Nc3cc(Cl)cc(Cl)c3)cc2)c1. The van der Waals surface area contributed by atoms with Crippen molar-refractivity contribution < 1.29 is 9.90 Å². The maximum atomic E-state index is 13.6. The standard InChI is InChI=1S/C33H30Cl2N4O2/c34-28-20-29(35)22-30(21-28)37-32(40)39(31-11-9-25(10-12-31)26-6-4-5-24(19-26)23-36)18-17-38-15-13-33(41,14-16-38)27-7-2-1-3-8-27/h1-12,19-22,41H,13-18H2,(H,37,40). The third-order valence-corrected chi connectivity index (χ3v) is 7.93. The van der Waals surface area contributed by atoms with Crippen molar-refractivity contribution in [3.63, 3.8) is 0 Å². The van der Waals surface area contributed by atoms with E-state index in [1.54, 1.807) is 29.2 Å². The minimum atomic E-state index is -0.834. The molecule has 0 unspecified atom stereocenters. The number of nitriles is 1. The molecule has 2 N–H and O–H groups in total. The zero-order valence-electron chi connectivity index (χ0n) is 22.4. The van der Waals surface area contributed by atoms with E-state index in [-0.39, 0.29) is 6.03 Å². The fourth-order valence-electron chi connectivity index (χ4n) is 5.19. The summed E-state index contributed by atoms with van der Waals surface area (Å²) in [5, 5.41) is 24.3. The monoisotopic (exact) mass is 584 g/mol. The number of benzene rings is 4. The van der Waals surface area contributed by atoms with Crippen LogP contribution >= 0.6 is 23.2 Å². The predicted octanol–water partition coefficient (Wildman–Crippen LogP) is 7.55. The normalized spacial score (nSPS) is 14.7. The van der Waals surface area contributed by atoms with Crippen LogP contribution in [0, 0.1) is 11.3 Å². The van der Waals surface area contributed by atoms with Crippen molar-refractivity contribution in [3.8, 4) is 17.2 Å². The van der Waals surface area contributed by atoms with Gasteiger partial charge in [-0.1, -0.05) is 77.8 Å². The Kier molecular flexibility index (Phi) is 8.92. The average Bonchev–Trinajstić information content (AvgIpc) is 2.98. The number of piperidine rings is 1. The molecular weight excluding hydrogens is 555 g/mol. The Balaban J connectivity index is 1.32. The van der Waals surface area contributed by atoms with Crippen molar-refractivity contribution >= 4 is 40.6 Å². The maximum absolute atomic E-state index is 13.6. The first-order chi connectivity index (χ1) is 19.8. The Morgan fingerprint density at radius 1 is 0.902 bits per heavy atom. The lowest BCUT2D eigenvalue weighted by Gasteiger charge is -2.39. The molecule has 4 aromatic rings. The first kappa shape index (κ1) is 28.7. The lowest BCUT2D eigenvalue weighted by molar-refractivity contribution is -0.0251. The van der Waals surface area contributed by atoms with Crippen LogP contribution in [0.3, 0.4) is 0 Å². The van der Waals surface area contributed by atoms with Crippen LogP contribution in [0.15, 0.2) is 97.1 Å². The van der Waals surface area contributed by atoms with Crippen LogP contribution in [0.4, 0.5) is 16.2 Å². The van der Waals surface area contributed by atoms with E-state index in [0.717, 1.165) is 35.5 Å². The molecule has 0 aliphatic carbocycles. The summed E-state index contributed by atoms with van der Waals surface area (Å²) in [4.78, 5) is 17.5. The fourth-order valence-corrected chi connectivity index (χ4v) is 5.72. The Morgan fingerprint density at radius 3 is 2.24 bits per heavy atom. The molecule has 0 spiro atoms. The molecular formula is C33H30Cl2N4O2. The topological polar surface area (TPSA) is 79.6 Å². The van der Waals surface area contributed by atoms with Gasteiger partial charge in [0.2, 0.25) is 0 Å². The van der Waals surface area contributed by atoms with Crippen LogP contribution in [-0.4, -0.2) is 42.2 Å². The third kappa shape index (κ3) is 7.08. The molecule has 1 fully saturated rings. The van der Waals surface area contributed by atoms with Gasteiger partial charge in [0.1, 0.15) is 0 Å². The molecule has 6 nitrogen and oxygen atoms in total. The number of likely N-dealkylation sites (tertiary alicyclic amines) is 1. The second kappa shape index (κ2) is 12.8. The van der Waals surface area contributed by atoms with Gasteiger partial charge in [0.25, 0.3) is 0 Å². The van der Waals surface area contributed by atoms with Gasteiger partial charge in [-0.25, -0.2) is 4.79 Å². The highest BCUT2D eigenvalue weighted by molar-refractivity contribution is 6.35. The molecule has 1 aliphatic rings. The van der Waals surface area contributed by atoms with E-state index in [2.05, 4.69) is 16.3 Å². The van der Waals surface area contributed by atoms with Crippen LogP contribution in [0.25, 0.3) is 11.1 Å². The first-order valence-electron chi connectivity index (χ1n) is 13.5. The van der Waals surface area contributed by atoms with Crippen molar-refractivity contribution in [1.29, 1.82) is 5.26 Å². The van der Waals surface area contributed by atoms with E-state index >= 15 is 0 Å².